The van der Waals surface area contributed by atoms with Crippen molar-refractivity contribution in [3.8, 4) is 12.3 Å². The van der Waals surface area contributed by atoms with E-state index in [0.717, 1.165) is 6.54 Å². The van der Waals surface area contributed by atoms with Gasteiger partial charge in [0.2, 0.25) is 0 Å². The van der Waals surface area contributed by atoms with Crippen LogP contribution < -0.4 is 5.32 Å². The van der Waals surface area contributed by atoms with Crippen LogP contribution in [-0.4, -0.2) is 5.54 Å². The van der Waals surface area contributed by atoms with Crippen molar-refractivity contribution >= 4 is 11.3 Å². The Balaban J connectivity index is 2.65. The predicted molar refractivity (Wildman–Crippen MR) is 72.8 cm³/mol. The van der Waals surface area contributed by atoms with E-state index in [0.29, 0.717) is 0 Å². The molecule has 1 aromatic heterocycles. The molecular weight excluding hydrogens is 214 g/mol. The molecule has 1 rings (SSSR count). The molecule has 1 N–H and O–H groups in total. The molecule has 0 unspecified atom stereocenters. The zero-order valence-corrected chi connectivity index (χ0v) is 11.7. The topological polar surface area (TPSA) is 12.0 Å². The van der Waals surface area contributed by atoms with Crippen LogP contribution in [0.2, 0.25) is 0 Å². The molecule has 1 heterocycles. The van der Waals surface area contributed by atoms with Crippen molar-refractivity contribution in [2.45, 2.75) is 52.1 Å². The van der Waals surface area contributed by atoms with Gasteiger partial charge in [0.25, 0.3) is 0 Å². The van der Waals surface area contributed by atoms with Crippen molar-refractivity contribution in [3.63, 3.8) is 0 Å². The Morgan fingerprint density at radius 3 is 2.31 bits per heavy atom. The van der Waals surface area contributed by atoms with E-state index in [2.05, 4.69) is 44.1 Å². The van der Waals surface area contributed by atoms with Crippen LogP contribution >= 0.6 is 11.3 Å². The fourth-order valence-electron chi connectivity index (χ4n) is 1.24. The van der Waals surface area contributed by atoms with Gasteiger partial charge in [0, 0.05) is 16.3 Å². The summed E-state index contributed by atoms with van der Waals surface area (Å²) in [6, 6.07) is 4.40. The van der Waals surface area contributed by atoms with Crippen molar-refractivity contribution in [1.82, 2.24) is 5.32 Å². The Bertz CT molecular complexity index is 388. The van der Waals surface area contributed by atoms with Crippen molar-refractivity contribution in [2.75, 3.05) is 0 Å². The summed E-state index contributed by atoms with van der Waals surface area (Å²) in [4.78, 5) is 2.76. The van der Waals surface area contributed by atoms with E-state index in [-0.39, 0.29) is 11.0 Å². The van der Waals surface area contributed by atoms with Crippen LogP contribution in [0, 0.1) is 12.3 Å². The van der Waals surface area contributed by atoms with Crippen LogP contribution in [0.4, 0.5) is 0 Å². The minimum Gasteiger partial charge on any atom is -0.297 e. The molecule has 0 bridgehead atoms. The number of thiophene rings is 1. The monoisotopic (exact) mass is 235 g/mol. The van der Waals surface area contributed by atoms with E-state index in [4.69, 9.17) is 6.42 Å². The molecule has 0 aliphatic heterocycles. The zero-order chi connectivity index (χ0) is 12.4. The lowest BCUT2D eigenvalue weighted by Crippen LogP contribution is -2.36. The number of rotatable bonds is 3. The summed E-state index contributed by atoms with van der Waals surface area (Å²) in [5.74, 6) is 2.74. The maximum Gasteiger partial charge on any atom is 0.0744 e. The summed E-state index contributed by atoms with van der Waals surface area (Å²) >= 11 is 1.86. The maximum absolute atomic E-state index is 5.44. The first kappa shape index (κ1) is 13.3. The van der Waals surface area contributed by atoms with Crippen LogP contribution in [0.3, 0.4) is 0 Å². The molecule has 1 nitrogen and oxygen atoms in total. The normalized spacial score (nSPS) is 12.5. The Morgan fingerprint density at radius 2 is 1.88 bits per heavy atom. The molecule has 0 atom stereocenters. The molecule has 0 saturated heterocycles. The molecule has 0 fully saturated rings. The molecule has 0 aliphatic rings. The van der Waals surface area contributed by atoms with E-state index in [1.807, 2.05) is 25.2 Å². The fraction of sp³-hybridized carbons (Fsp3) is 0.571. The van der Waals surface area contributed by atoms with E-state index >= 15 is 0 Å². The van der Waals surface area contributed by atoms with E-state index < -0.39 is 0 Å². The lowest BCUT2D eigenvalue weighted by molar-refractivity contribution is 0.494. The SMILES string of the molecule is C#CC(C)(C)NCc1ccc(C(C)(C)C)s1. The van der Waals surface area contributed by atoms with Gasteiger partial charge in [-0.25, -0.2) is 0 Å². The highest BCUT2D eigenvalue weighted by Gasteiger charge is 2.17. The predicted octanol–water partition coefficient (Wildman–Crippen LogP) is 3.55. The molecule has 1 aromatic rings. The third kappa shape index (κ3) is 3.66. The summed E-state index contributed by atoms with van der Waals surface area (Å²) in [6.45, 7) is 11.6. The average Bonchev–Trinajstić information content (AvgIpc) is 2.63. The third-order valence-corrected chi connectivity index (χ3v) is 3.98. The van der Waals surface area contributed by atoms with Gasteiger partial charge in [-0.15, -0.1) is 17.8 Å². The number of hydrogen-bond donors (Lipinski definition) is 1. The third-order valence-electron chi connectivity index (χ3n) is 2.47. The highest BCUT2D eigenvalue weighted by molar-refractivity contribution is 7.12. The Kier molecular flexibility index (Phi) is 3.83. The van der Waals surface area contributed by atoms with Crippen LogP contribution in [0.25, 0.3) is 0 Å². The van der Waals surface area contributed by atoms with Crippen LogP contribution in [-0.2, 0) is 12.0 Å². The highest BCUT2D eigenvalue weighted by Crippen LogP contribution is 2.29. The Hall–Kier alpha value is -0.780. The second-order valence-corrected chi connectivity index (χ2v) is 6.81. The first-order chi connectivity index (χ1) is 7.24. The molecule has 88 valence electrons. The minimum atomic E-state index is -0.230. The molecule has 0 aromatic carbocycles. The van der Waals surface area contributed by atoms with Crippen LogP contribution in [0.1, 0.15) is 44.4 Å². The second-order valence-electron chi connectivity index (χ2n) is 5.64. The number of terminal acetylenes is 1. The molecule has 16 heavy (non-hydrogen) atoms. The summed E-state index contributed by atoms with van der Waals surface area (Å²) in [5.41, 5.74) is 0.0104. The smallest absolute Gasteiger partial charge is 0.0744 e. The molecular formula is C14H21NS. The van der Waals surface area contributed by atoms with E-state index in [1.165, 1.54) is 9.75 Å². The highest BCUT2D eigenvalue weighted by atomic mass is 32.1. The van der Waals surface area contributed by atoms with Gasteiger partial charge in [-0.2, -0.15) is 0 Å². The molecule has 0 radical (unpaired) electrons. The molecule has 0 aliphatic carbocycles. The summed E-state index contributed by atoms with van der Waals surface area (Å²) in [6.07, 6.45) is 5.44. The zero-order valence-electron chi connectivity index (χ0n) is 10.8. The minimum absolute atomic E-state index is 0.230. The largest absolute Gasteiger partial charge is 0.297 e. The molecule has 0 amide bonds. The van der Waals surface area contributed by atoms with Crippen molar-refractivity contribution in [2.24, 2.45) is 0 Å². The van der Waals surface area contributed by atoms with Gasteiger partial charge in [-0.1, -0.05) is 26.7 Å². The molecule has 0 spiro atoms. The Labute approximate surface area is 103 Å². The van der Waals surface area contributed by atoms with Crippen molar-refractivity contribution < 1.29 is 0 Å². The lowest BCUT2D eigenvalue weighted by Gasteiger charge is -2.19. The number of hydrogen-bond acceptors (Lipinski definition) is 2. The summed E-state index contributed by atoms with van der Waals surface area (Å²) in [7, 11) is 0. The fourth-order valence-corrected chi connectivity index (χ4v) is 2.24. The van der Waals surface area contributed by atoms with Crippen LogP contribution in [0.15, 0.2) is 12.1 Å². The quantitative estimate of drug-likeness (QED) is 0.790. The average molecular weight is 235 g/mol. The van der Waals surface area contributed by atoms with Gasteiger partial charge >= 0.3 is 0 Å². The number of nitrogens with one attached hydrogen (secondary N) is 1. The maximum atomic E-state index is 5.44. The van der Waals surface area contributed by atoms with Gasteiger partial charge in [0.1, 0.15) is 0 Å². The van der Waals surface area contributed by atoms with Gasteiger partial charge in [0.05, 0.1) is 5.54 Å². The van der Waals surface area contributed by atoms with Gasteiger partial charge in [-0.3, -0.25) is 5.32 Å². The lowest BCUT2D eigenvalue weighted by atomic mass is 9.95. The van der Waals surface area contributed by atoms with Crippen LogP contribution in [0.5, 0.6) is 0 Å². The van der Waals surface area contributed by atoms with Crippen molar-refractivity contribution in [1.29, 1.82) is 0 Å². The van der Waals surface area contributed by atoms with Crippen molar-refractivity contribution in [3.05, 3.63) is 21.9 Å². The first-order valence-corrected chi connectivity index (χ1v) is 6.38. The molecule has 0 saturated carbocycles. The summed E-state index contributed by atoms with van der Waals surface area (Å²) < 4.78 is 0. The van der Waals surface area contributed by atoms with Gasteiger partial charge in [-0.05, 0) is 31.4 Å². The van der Waals surface area contributed by atoms with E-state index in [1.54, 1.807) is 0 Å². The molecule has 2 heteroatoms. The van der Waals surface area contributed by atoms with Gasteiger partial charge in [0.15, 0.2) is 0 Å². The van der Waals surface area contributed by atoms with E-state index in [9.17, 15) is 0 Å². The van der Waals surface area contributed by atoms with Gasteiger partial charge < -0.3 is 0 Å². The standard InChI is InChI=1S/C14H21NS/c1-7-14(5,6)15-10-11-8-9-12(16-11)13(2,3)4/h1,8-9,15H,10H2,2-6H3. The Morgan fingerprint density at radius 1 is 1.25 bits per heavy atom. The second kappa shape index (κ2) is 4.61. The first-order valence-electron chi connectivity index (χ1n) is 5.56. The summed E-state index contributed by atoms with van der Waals surface area (Å²) in [5, 5.41) is 3.36.